The first kappa shape index (κ1) is 15.8. The second-order valence-corrected chi connectivity index (χ2v) is 6.59. The van der Waals surface area contributed by atoms with Crippen LogP contribution in [0.2, 0.25) is 0 Å². The largest absolute Gasteiger partial charge is 0.391 e. The fraction of sp³-hybridized carbons (Fsp3) is 0.389. The zero-order valence-electron chi connectivity index (χ0n) is 13.9. The number of likely N-dealkylation sites (tertiary alicyclic amines) is 1. The van der Waals surface area contributed by atoms with Crippen molar-refractivity contribution < 1.29 is 9.90 Å². The molecule has 0 bridgehead atoms. The first-order chi connectivity index (χ1) is 12.2. The van der Waals surface area contributed by atoms with E-state index in [2.05, 4.69) is 27.4 Å². The molecule has 0 saturated carbocycles. The summed E-state index contributed by atoms with van der Waals surface area (Å²) in [6.07, 6.45) is 1.86. The van der Waals surface area contributed by atoms with E-state index in [1.54, 1.807) is 11.0 Å². The molecular formula is C18H21N5O2. The van der Waals surface area contributed by atoms with Crippen LogP contribution in [-0.2, 0) is 0 Å². The van der Waals surface area contributed by atoms with Crippen LogP contribution < -0.4 is 10.2 Å². The summed E-state index contributed by atoms with van der Waals surface area (Å²) in [6, 6.07) is 11.9. The van der Waals surface area contributed by atoms with E-state index in [9.17, 15) is 9.90 Å². The van der Waals surface area contributed by atoms with Gasteiger partial charge in [-0.05, 0) is 12.0 Å². The molecule has 0 spiro atoms. The highest BCUT2D eigenvalue weighted by atomic mass is 16.3. The number of hydrogen-bond acceptors (Lipinski definition) is 5. The molecule has 3 heterocycles. The SMILES string of the molecule is O=C(Nc1cc(N2CCC(O)C2)ncn1)N1CC(c2ccccc2)C1. The maximum Gasteiger partial charge on any atom is 0.323 e. The summed E-state index contributed by atoms with van der Waals surface area (Å²) in [7, 11) is 0. The number of nitrogens with one attached hydrogen (secondary N) is 1. The summed E-state index contributed by atoms with van der Waals surface area (Å²) < 4.78 is 0. The van der Waals surface area contributed by atoms with Gasteiger partial charge in [0.1, 0.15) is 18.0 Å². The van der Waals surface area contributed by atoms with Crippen molar-refractivity contribution in [2.45, 2.75) is 18.4 Å². The molecule has 0 aliphatic carbocycles. The van der Waals surface area contributed by atoms with Gasteiger partial charge in [0, 0.05) is 38.2 Å². The Hall–Kier alpha value is -2.67. The molecule has 7 heteroatoms. The van der Waals surface area contributed by atoms with Crippen LogP contribution in [0.25, 0.3) is 0 Å². The number of rotatable bonds is 3. The zero-order chi connectivity index (χ0) is 17.2. The number of urea groups is 1. The number of hydrogen-bond donors (Lipinski definition) is 2. The number of benzene rings is 1. The van der Waals surface area contributed by atoms with Gasteiger partial charge in [0.25, 0.3) is 0 Å². The molecule has 2 saturated heterocycles. The van der Waals surface area contributed by atoms with E-state index in [0.717, 1.165) is 18.8 Å². The highest BCUT2D eigenvalue weighted by molar-refractivity contribution is 5.89. The molecule has 1 aromatic carbocycles. The summed E-state index contributed by atoms with van der Waals surface area (Å²) in [4.78, 5) is 24.5. The molecule has 2 aliphatic heterocycles. The van der Waals surface area contributed by atoms with Crippen molar-refractivity contribution in [3.05, 3.63) is 48.3 Å². The van der Waals surface area contributed by atoms with Crippen LogP contribution in [-0.4, -0.2) is 58.3 Å². The van der Waals surface area contributed by atoms with Crippen molar-refractivity contribution in [3.63, 3.8) is 0 Å². The van der Waals surface area contributed by atoms with E-state index in [0.29, 0.717) is 31.4 Å². The molecule has 2 N–H and O–H groups in total. The minimum Gasteiger partial charge on any atom is -0.391 e. The number of β-amino-alcohol motifs (C(OH)–C–C–N with tert-alkyl or cyclic N) is 1. The van der Waals surface area contributed by atoms with Gasteiger partial charge in [-0.15, -0.1) is 0 Å². The molecule has 0 radical (unpaired) electrons. The van der Waals surface area contributed by atoms with Crippen LogP contribution in [0.4, 0.5) is 16.4 Å². The fourth-order valence-corrected chi connectivity index (χ4v) is 3.31. The summed E-state index contributed by atoms with van der Waals surface area (Å²) in [6.45, 7) is 2.75. The Balaban J connectivity index is 1.34. The van der Waals surface area contributed by atoms with Crippen LogP contribution >= 0.6 is 0 Å². The fourth-order valence-electron chi connectivity index (χ4n) is 3.31. The number of aliphatic hydroxyl groups is 1. The van der Waals surface area contributed by atoms with Crippen molar-refractivity contribution in [3.8, 4) is 0 Å². The van der Waals surface area contributed by atoms with E-state index in [1.807, 2.05) is 23.1 Å². The van der Waals surface area contributed by atoms with Gasteiger partial charge < -0.3 is 14.9 Å². The lowest BCUT2D eigenvalue weighted by Gasteiger charge is -2.39. The van der Waals surface area contributed by atoms with E-state index in [-0.39, 0.29) is 12.1 Å². The summed E-state index contributed by atoms with van der Waals surface area (Å²) in [5, 5.41) is 12.5. The Morgan fingerprint density at radius 1 is 1.16 bits per heavy atom. The van der Waals surface area contributed by atoms with Crippen molar-refractivity contribution in [1.29, 1.82) is 0 Å². The van der Waals surface area contributed by atoms with Crippen molar-refractivity contribution in [2.24, 2.45) is 0 Å². The average molecular weight is 339 g/mol. The molecule has 1 atom stereocenters. The first-order valence-electron chi connectivity index (χ1n) is 8.55. The Morgan fingerprint density at radius 2 is 1.96 bits per heavy atom. The standard InChI is InChI=1S/C18H21N5O2/c24-15-6-7-22(11-15)17-8-16(19-12-20-17)21-18(25)23-9-14(10-23)13-4-2-1-3-5-13/h1-5,8,12,14-15,24H,6-7,9-11H2,(H,19,20,21,25). The van der Waals surface area contributed by atoms with Crippen molar-refractivity contribution in [2.75, 3.05) is 36.4 Å². The molecule has 2 aromatic rings. The minimum atomic E-state index is -0.316. The first-order valence-corrected chi connectivity index (χ1v) is 8.55. The van der Waals surface area contributed by atoms with E-state index in [1.165, 1.54) is 11.9 Å². The van der Waals surface area contributed by atoms with E-state index < -0.39 is 0 Å². The summed E-state index contributed by atoms with van der Waals surface area (Å²) in [5.74, 6) is 1.62. The maximum atomic E-state index is 12.4. The number of amides is 2. The molecule has 2 amide bonds. The van der Waals surface area contributed by atoms with Crippen LogP contribution in [0.15, 0.2) is 42.7 Å². The highest BCUT2D eigenvalue weighted by Crippen LogP contribution is 2.27. The lowest BCUT2D eigenvalue weighted by Crippen LogP contribution is -2.50. The normalized spacial score (nSPS) is 20.4. The molecule has 7 nitrogen and oxygen atoms in total. The molecule has 1 aromatic heterocycles. The number of aliphatic hydroxyl groups excluding tert-OH is 1. The van der Waals surface area contributed by atoms with Gasteiger partial charge in [-0.25, -0.2) is 14.8 Å². The third-order valence-corrected chi connectivity index (χ3v) is 4.81. The van der Waals surface area contributed by atoms with Gasteiger partial charge >= 0.3 is 6.03 Å². The van der Waals surface area contributed by atoms with Gasteiger partial charge in [0.15, 0.2) is 0 Å². The molecule has 130 valence electrons. The Kier molecular flexibility index (Phi) is 4.23. The molecule has 1 unspecified atom stereocenters. The second-order valence-electron chi connectivity index (χ2n) is 6.59. The minimum absolute atomic E-state index is 0.140. The number of nitrogens with zero attached hydrogens (tertiary/aromatic N) is 4. The van der Waals surface area contributed by atoms with Gasteiger partial charge in [-0.1, -0.05) is 30.3 Å². The number of aromatic nitrogens is 2. The Bertz CT molecular complexity index is 748. The highest BCUT2D eigenvalue weighted by Gasteiger charge is 2.31. The summed E-state index contributed by atoms with van der Waals surface area (Å²) >= 11 is 0. The molecule has 4 rings (SSSR count). The quantitative estimate of drug-likeness (QED) is 0.889. The number of carbonyl (C=O) groups excluding carboxylic acids is 1. The Labute approximate surface area is 146 Å². The third-order valence-electron chi connectivity index (χ3n) is 4.81. The lowest BCUT2D eigenvalue weighted by molar-refractivity contribution is 0.164. The van der Waals surface area contributed by atoms with E-state index >= 15 is 0 Å². The van der Waals surface area contributed by atoms with Gasteiger partial charge in [0.05, 0.1) is 6.10 Å². The van der Waals surface area contributed by atoms with Crippen LogP contribution in [0.1, 0.15) is 17.9 Å². The third kappa shape index (κ3) is 3.41. The van der Waals surface area contributed by atoms with Gasteiger partial charge in [0.2, 0.25) is 0 Å². The second kappa shape index (κ2) is 6.68. The number of carbonyl (C=O) groups is 1. The Morgan fingerprint density at radius 3 is 2.68 bits per heavy atom. The molecule has 2 fully saturated rings. The van der Waals surface area contributed by atoms with Gasteiger partial charge in [-0.2, -0.15) is 0 Å². The predicted octanol–water partition coefficient (Wildman–Crippen LogP) is 1.68. The summed E-state index contributed by atoms with van der Waals surface area (Å²) in [5.41, 5.74) is 1.27. The lowest BCUT2D eigenvalue weighted by atomic mass is 9.92. The van der Waals surface area contributed by atoms with Crippen molar-refractivity contribution >= 4 is 17.7 Å². The average Bonchev–Trinajstić information content (AvgIpc) is 3.01. The molecule has 25 heavy (non-hydrogen) atoms. The van der Waals surface area contributed by atoms with Crippen LogP contribution in [0.5, 0.6) is 0 Å². The monoisotopic (exact) mass is 339 g/mol. The smallest absolute Gasteiger partial charge is 0.323 e. The molecule has 2 aliphatic rings. The van der Waals surface area contributed by atoms with E-state index in [4.69, 9.17) is 0 Å². The molecular weight excluding hydrogens is 318 g/mol. The maximum absolute atomic E-state index is 12.4. The predicted molar refractivity (Wildman–Crippen MR) is 94.6 cm³/mol. The van der Waals surface area contributed by atoms with Crippen molar-refractivity contribution in [1.82, 2.24) is 14.9 Å². The van der Waals surface area contributed by atoms with Crippen LogP contribution in [0, 0.1) is 0 Å². The zero-order valence-corrected chi connectivity index (χ0v) is 13.9. The number of anilines is 2. The van der Waals surface area contributed by atoms with Gasteiger partial charge in [-0.3, -0.25) is 5.32 Å². The topological polar surface area (TPSA) is 81.6 Å². The van der Waals surface area contributed by atoms with Crippen LogP contribution in [0.3, 0.4) is 0 Å².